The van der Waals surface area contributed by atoms with Crippen LogP contribution >= 0.6 is 0 Å². The maximum atomic E-state index is 12.2. The van der Waals surface area contributed by atoms with Crippen LogP contribution in [-0.2, 0) is 23.6 Å². The van der Waals surface area contributed by atoms with Gasteiger partial charge in [-0.3, -0.25) is 14.1 Å². The second kappa shape index (κ2) is 5.88. The summed E-state index contributed by atoms with van der Waals surface area (Å²) in [6.45, 7) is 2.61. The number of anilines is 1. The summed E-state index contributed by atoms with van der Waals surface area (Å²) in [5.41, 5.74) is 2.70. The molecule has 120 valence electrons. The minimum absolute atomic E-state index is 0.117. The number of nitrogens with one attached hydrogen (secondary N) is 1. The minimum atomic E-state index is -3.65. The highest BCUT2D eigenvalue weighted by molar-refractivity contribution is 7.92. The fourth-order valence-electron chi connectivity index (χ4n) is 2.25. The van der Waals surface area contributed by atoms with E-state index in [1.165, 1.54) is 28.8 Å². The van der Waals surface area contributed by atoms with Gasteiger partial charge >= 0.3 is 0 Å². The topological polar surface area (TPSA) is 81.8 Å². The lowest BCUT2D eigenvalue weighted by molar-refractivity contribution is 0.601. The number of benzene rings is 1. The molecule has 0 saturated carbocycles. The van der Waals surface area contributed by atoms with E-state index in [2.05, 4.69) is 21.0 Å². The molecule has 8 heteroatoms. The molecule has 2 heterocycles. The van der Waals surface area contributed by atoms with Crippen molar-refractivity contribution in [1.29, 1.82) is 0 Å². The van der Waals surface area contributed by atoms with Crippen molar-refractivity contribution >= 4 is 15.7 Å². The average molecular weight is 331 g/mol. The molecule has 0 saturated heterocycles. The number of aromatic nitrogens is 4. The number of hydrogen-bond acceptors (Lipinski definition) is 4. The first-order chi connectivity index (χ1) is 10.9. The van der Waals surface area contributed by atoms with Crippen LogP contribution in [0.5, 0.6) is 0 Å². The first kappa shape index (κ1) is 15.3. The Bertz CT molecular complexity index is 927. The number of nitrogens with zero attached hydrogens (tertiary/aromatic N) is 4. The zero-order valence-electron chi connectivity index (χ0n) is 12.8. The summed E-state index contributed by atoms with van der Waals surface area (Å²) in [5, 5.41) is 8.06. The van der Waals surface area contributed by atoms with Crippen molar-refractivity contribution in [3.63, 3.8) is 0 Å². The molecule has 3 aromatic rings. The van der Waals surface area contributed by atoms with E-state index in [0.717, 1.165) is 5.56 Å². The van der Waals surface area contributed by atoms with E-state index < -0.39 is 10.0 Å². The van der Waals surface area contributed by atoms with Gasteiger partial charge in [0.15, 0.2) is 0 Å². The highest BCUT2D eigenvalue weighted by Gasteiger charge is 2.17. The molecule has 0 aliphatic carbocycles. The quantitative estimate of drug-likeness (QED) is 0.772. The first-order valence-electron chi connectivity index (χ1n) is 7.02. The molecule has 0 bridgehead atoms. The molecular formula is C15H17N5O2S. The summed E-state index contributed by atoms with van der Waals surface area (Å²) in [5.74, 6) is 0. The van der Waals surface area contributed by atoms with Crippen molar-refractivity contribution in [3.8, 4) is 0 Å². The van der Waals surface area contributed by atoms with Gasteiger partial charge < -0.3 is 0 Å². The van der Waals surface area contributed by atoms with Gasteiger partial charge in [0, 0.05) is 19.4 Å². The second-order valence-electron chi connectivity index (χ2n) is 5.37. The lowest BCUT2D eigenvalue weighted by Gasteiger charge is -2.04. The average Bonchev–Trinajstić information content (AvgIpc) is 3.08. The lowest BCUT2D eigenvalue weighted by Crippen LogP contribution is -2.11. The van der Waals surface area contributed by atoms with Gasteiger partial charge in [0.2, 0.25) is 0 Å². The molecule has 0 spiro atoms. The Morgan fingerprint density at radius 1 is 1.17 bits per heavy atom. The third-order valence-corrected chi connectivity index (χ3v) is 4.64. The van der Waals surface area contributed by atoms with E-state index in [1.54, 1.807) is 17.9 Å². The van der Waals surface area contributed by atoms with Crippen LogP contribution in [0.2, 0.25) is 0 Å². The van der Waals surface area contributed by atoms with Crippen LogP contribution in [-0.4, -0.2) is 28.0 Å². The predicted octanol–water partition coefficient (Wildman–Crippen LogP) is 1.77. The van der Waals surface area contributed by atoms with E-state index in [1.807, 2.05) is 25.1 Å². The highest BCUT2D eigenvalue weighted by atomic mass is 32.2. The predicted molar refractivity (Wildman–Crippen MR) is 86.5 cm³/mol. The molecule has 0 aliphatic heterocycles. The van der Waals surface area contributed by atoms with Gasteiger partial charge in [0.05, 0.1) is 24.6 Å². The fraction of sp³-hybridized carbons (Fsp3) is 0.200. The largest absolute Gasteiger partial charge is 0.276 e. The Hall–Kier alpha value is -2.61. The first-order valence-corrected chi connectivity index (χ1v) is 8.50. The molecule has 0 amide bonds. The van der Waals surface area contributed by atoms with Gasteiger partial charge in [-0.2, -0.15) is 10.2 Å². The normalized spacial score (nSPS) is 11.6. The van der Waals surface area contributed by atoms with Crippen LogP contribution in [0.3, 0.4) is 0 Å². The molecule has 0 atom stereocenters. The van der Waals surface area contributed by atoms with Crippen molar-refractivity contribution in [2.75, 3.05) is 4.72 Å². The zero-order chi connectivity index (χ0) is 16.4. The van der Waals surface area contributed by atoms with Gasteiger partial charge in [-0.15, -0.1) is 0 Å². The summed E-state index contributed by atoms with van der Waals surface area (Å²) in [6, 6.07) is 8.09. The Balaban J connectivity index is 1.74. The van der Waals surface area contributed by atoms with Crippen molar-refractivity contribution in [3.05, 3.63) is 60.2 Å². The monoisotopic (exact) mass is 331 g/mol. The third-order valence-electron chi connectivity index (χ3n) is 3.30. The molecular weight excluding hydrogens is 314 g/mol. The van der Waals surface area contributed by atoms with E-state index in [-0.39, 0.29) is 4.90 Å². The van der Waals surface area contributed by atoms with Crippen LogP contribution in [0.25, 0.3) is 0 Å². The van der Waals surface area contributed by atoms with Gasteiger partial charge in [-0.25, -0.2) is 8.42 Å². The van der Waals surface area contributed by atoms with Crippen molar-refractivity contribution in [2.24, 2.45) is 7.05 Å². The van der Waals surface area contributed by atoms with Gasteiger partial charge in [0.1, 0.15) is 4.90 Å². The maximum Gasteiger partial charge on any atom is 0.265 e. The number of hydrogen-bond donors (Lipinski definition) is 1. The Morgan fingerprint density at radius 2 is 2.00 bits per heavy atom. The Morgan fingerprint density at radius 3 is 2.70 bits per heavy atom. The minimum Gasteiger partial charge on any atom is -0.276 e. The third kappa shape index (κ3) is 3.59. The van der Waals surface area contributed by atoms with Crippen LogP contribution in [0, 0.1) is 6.92 Å². The SMILES string of the molecule is Cc1cccc(Cn2cc(NS(=O)(=O)c3cnn(C)c3)cn2)c1. The lowest BCUT2D eigenvalue weighted by atomic mass is 10.1. The summed E-state index contributed by atoms with van der Waals surface area (Å²) < 4.78 is 30.1. The van der Waals surface area contributed by atoms with Crippen LogP contribution in [0.4, 0.5) is 5.69 Å². The van der Waals surface area contributed by atoms with E-state index in [4.69, 9.17) is 0 Å². The fourth-order valence-corrected chi connectivity index (χ4v) is 3.26. The van der Waals surface area contributed by atoms with E-state index >= 15 is 0 Å². The molecule has 0 aliphatic rings. The molecule has 0 unspecified atom stereocenters. The maximum absolute atomic E-state index is 12.2. The van der Waals surface area contributed by atoms with Gasteiger partial charge in [0.25, 0.3) is 10.0 Å². The molecule has 23 heavy (non-hydrogen) atoms. The molecule has 1 N–H and O–H groups in total. The van der Waals surface area contributed by atoms with E-state index in [0.29, 0.717) is 12.2 Å². The van der Waals surface area contributed by atoms with Gasteiger partial charge in [-0.05, 0) is 12.5 Å². The molecule has 0 radical (unpaired) electrons. The number of aryl methyl sites for hydroxylation is 2. The molecule has 7 nitrogen and oxygen atoms in total. The van der Waals surface area contributed by atoms with Crippen LogP contribution in [0.15, 0.2) is 53.9 Å². The highest BCUT2D eigenvalue weighted by Crippen LogP contribution is 2.15. The second-order valence-corrected chi connectivity index (χ2v) is 7.05. The number of sulfonamides is 1. The zero-order valence-corrected chi connectivity index (χ0v) is 13.7. The molecule has 2 aromatic heterocycles. The molecule has 0 fully saturated rings. The van der Waals surface area contributed by atoms with Crippen LogP contribution < -0.4 is 4.72 Å². The van der Waals surface area contributed by atoms with Crippen molar-refractivity contribution in [2.45, 2.75) is 18.4 Å². The van der Waals surface area contributed by atoms with Crippen molar-refractivity contribution < 1.29 is 8.42 Å². The van der Waals surface area contributed by atoms with Gasteiger partial charge in [-0.1, -0.05) is 29.8 Å². The molecule has 3 rings (SSSR count). The summed E-state index contributed by atoms with van der Waals surface area (Å²) in [7, 11) is -1.98. The summed E-state index contributed by atoms with van der Waals surface area (Å²) in [6.07, 6.45) is 5.90. The van der Waals surface area contributed by atoms with Crippen molar-refractivity contribution in [1.82, 2.24) is 19.6 Å². The van der Waals surface area contributed by atoms with E-state index in [9.17, 15) is 8.42 Å². The Kier molecular flexibility index (Phi) is 3.91. The smallest absolute Gasteiger partial charge is 0.265 e. The van der Waals surface area contributed by atoms with Crippen LogP contribution in [0.1, 0.15) is 11.1 Å². The molecule has 1 aromatic carbocycles. The standard InChI is InChI=1S/C15H17N5O2S/c1-12-4-3-5-13(6-12)9-20-10-14(7-17-20)18-23(21,22)15-8-16-19(2)11-15/h3-8,10-11,18H,9H2,1-2H3. The Labute approximate surface area is 134 Å². The summed E-state index contributed by atoms with van der Waals surface area (Å²) >= 11 is 0. The summed E-state index contributed by atoms with van der Waals surface area (Å²) in [4.78, 5) is 0.117. The number of rotatable bonds is 5.